The van der Waals surface area contributed by atoms with Gasteiger partial charge < -0.3 is 9.13 Å². The molecule has 0 amide bonds. The van der Waals surface area contributed by atoms with Crippen LogP contribution in [0.5, 0.6) is 0 Å². The van der Waals surface area contributed by atoms with Gasteiger partial charge in [-0.05, 0) is 47.5 Å². The molecule has 55 heavy (non-hydrogen) atoms. The molecule has 0 fully saturated rings. The normalized spacial score (nSPS) is 11.1. The Morgan fingerprint density at radius 2 is 0.691 bits per heavy atom. The molecule has 0 aliphatic carbocycles. The molecule has 0 spiro atoms. The first-order valence-corrected chi connectivity index (χ1v) is 18.1. The Bertz CT molecular complexity index is 2740. The molecular formula is C50H32N4Pt. The van der Waals surface area contributed by atoms with Crippen LogP contribution >= 0.6 is 0 Å². The number of para-hydroxylation sites is 6. The van der Waals surface area contributed by atoms with E-state index in [1.165, 1.54) is 0 Å². The van der Waals surface area contributed by atoms with Crippen LogP contribution in [0.15, 0.2) is 194 Å². The molecule has 0 saturated heterocycles. The summed E-state index contributed by atoms with van der Waals surface area (Å²) in [6.07, 6.45) is 0. The van der Waals surface area contributed by atoms with Gasteiger partial charge in [0.2, 0.25) is 0 Å². The second-order valence-electron chi connectivity index (χ2n) is 13.2. The van der Waals surface area contributed by atoms with E-state index < -0.39 is 0 Å². The van der Waals surface area contributed by atoms with Crippen LogP contribution in [-0.4, -0.2) is 19.1 Å². The number of benzene rings is 8. The summed E-state index contributed by atoms with van der Waals surface area (Å²) in [6, 6.07) is 74.8. The minimum atomic E-state index is 0. The zero-order valence-electron chi connectivity index (χ0n) is 29.6. The molecule has 8 aromatic carbocycles. The van der Waals surface area contributed by atoms with Crippen molar-refractivity contribution in [2.75, 3.05) is 0 Å². The summed E-state index contributed by atoms with van der Waals surface area (Å²) in [6.45, 7) is 0. The van der Waals surface area contributed by atoms with Crippen LogP contribution in [0.2, 0.25) is 0 Å². The van der Waals surface area contributed by atoms with Crippen molar-refractivity contribution in [2.45, 2.75) is 0 Å². The molecule has 0 atom stereocenters. The van der Waals surface area contributed by atoms with Crippen molar-refractivity contribution >= 4 is 22.1 Å². The SMILES string of the molecule is [Pt+2].[c-]1c(-c2[c-]c(-c3nc4ccccc4n3-c3ccccc3-c3ccccc3)ccc2)cccc1-c1nc2ccccc2n1-c1ccccc1-c1ccccc1. The maximum atomic E-state index is 5.20. The van der Waals surface area contributed by atoms with Crippen LogP contribution in [0.1, 0.15) is 0 Å². The Labute approximate surface area is 334 Å². The Hall–Kier alpha value is -6.61. The van der Waals surface area contributed by atoms with E-state index in [0.29, 0.717) is 0 Å². The molecule has 10 aromatic rings. The summed E-state index contributed by atoms with van der Waals surface area (Å²) in [5.74, 6) is 1.66. The number of imidazole rings is 2. The van der Waals surface area contributed by atoms with Gasteiger partial charge in [-0.2, -0.15) is 35.4 Å². The molecule has 0 aliphatic rings. The topological polar surface area (TPSA) is 35.6 Å². The summed E-state index contributed by atoms with van der Waals surface area (Å²) < 4.78 is 4.53. The van der Waals surface area contributed by atoms with Gasteiger partial charge in [-0.25, -0.2) is 0 Å². The summed E-state index contributed by atoms with van der Waals surface area (Å²) in [5.41, 5.74) is 14.3. The van der Waals surface area contributed by atoms with E-state index in [2.05, 4.69) is 203 Å². The molecule has 0 radical (unpaired) electrons. The number of rotatable bonds is 7. The van der Waals surface area contributed by atoms with E-state index >= 15 is 0 Å². The maximum absolute atomic E-state index is 5.20. The molecule has 0 aliphatic heterocycles. The van der Waals surface area contributed by atoms with Crippen LogP contribution < -0.4 is 0 Å². The van der Waals surface area contributed by atoms with Crippen molar-refractivity contribution in [1.82, 2.24) is 19.1 Å². The molecular weight excluding hydrogens is 852 g/mol. The number of hydrogen-bond donors (Lipinski definition) is 0. The molecule has 262 valence electrons. The largest absolute Gasteiger partial charge is 2.00 e. The minimum Gasteiger partial charge on any atom is -0.324 e. The Kier molecular flexibility index (Phi) is 9.11. The second kappa shape index (κ2) is 14.7. The average molecular weight is 884 g/mol. The van der Waals surface area contributed by atoms with Gasteiger partial charge in [0.1, 0.15) is 0 Å². The van der Waals surface area contributed by atoms with Crippen LogP contribution in [-0.2, 0) is 21.1 Å². The van der Waals surface area contributed by atoms with Gasteiger partial charge in [0.25, 0.3) is 0 Å². The summed E-state index contributed by atoms with van der Waals surface area (Å²) in [7, 11) is 0. The first-order valence-electron chi connectivity index (χ1n) is 18.1. The third kappa shape index (κ3) is 6.21. The number of fused-ring (bicyclic) bond motifs is 2. The first kappa shape index (κ1) is 34.2. The van der Waals surface area contributed by atoms with E-state index in [1.807, 2.05) is 12.1 Å². The predicted molar refractivity (Wildman–Crippen MR) is 221 cm³/mol. The Morgan fingerprint density at radius 1 is 0.327 bits per heavy atom. The molecule has 2 heterocycles. The fraction of sp³-hybridized carbons (Fsp3) is 0. The fourth-order valence-electron chi connectivity index (χ4n) is 7.47. The third-order valence-electron chi connectivity index (χ3n) is 9.94. The second-order valence-corrected chi connectivity index (χ2v) is 13.2. The van der Waals surface area contributed by atoms with Crippen LogP contribution in [0.4, 0.5) is 0 Å². The van der Waals surface area contributed by atoms with E-state index in [1.54, 1.807) is 0 Å². The van der Waals surface area contributed by atoms with Crippen LogP contribution in [0.25, 0.3) is 89.6 Å². The van der Waals surface area contributed by atoms with Gasteiger partial charge in [0.15, 0.2) is 0 Å². The molecule has 0 saturated carbocycles. The Morgan fingerprint density at radius 3 is 1.15 bits per heavy atom. The third-order valence-corrected chi connectivity index (χ3v) is 9.94. The van der Waals surface area contributed by atoms with Crippen molar-refractivity contribution in [1.29, 1.82) is 0 Å². The summed E-state index contributed by atoms with van der Waals surface area (Å²) in [4.78, 5) is 10.4. The first-order chi connectivity index (χ1) is 26.8. The van der Waals surface area contributed by atoms with Gasteiger partial charge >= 0.3 is 21.1 Å². The van der Waals surface area contributed by atoms with Crippen molar-refractivity contribution in [3.05, 3.63) is 206 Å². The average Bonchev–Trinajstić information content (AvgIpc) is 3.84. The zero-order chi connectivity index (χ0) is 35.8. The number of aromatic nitrogens is 4. The number of hydrogen-bond acceptors (Lipinski definition) is 2. The van der Waals surface area contributed by atoms with Crippen molar-refractivity contribution in [2.24, 2.45) is 0 Å². The summed E-state index contributed by atoms with van der Waals surface area (Å²) >= 11 is 0. The van der Waals surface area contributed by atoms with E-state index in [-0.39, 0.29) is 21.1 Å². The molecule has 4 nitrogen and oxygen atoms in total. The maximum Gasteiger partial charge on any atom is 2.00 e. The van der Waals surface area contributed by atoms with E-state index in [4.69, 9.17) is 9.97 Å². The fourth-order valence-corrected chi connectivity index (χ4v) is 7.47. The molecule has 5 heteroatoms. The van der Waals surface area contributed by atoms with Crippen LogP contribution in [0.3, 0.4) is 0 Å². The molecule has 2 aromatic heterocycles. The molecule has 0 unspecified atom stereocenters. The predicted octanol–water partition coefficient (Wildman–Crippen LogP) is 12.3. The van der Waals surface area contributed by atoms with Gasteiger partial charge in [-0.1, -0.05) is 132 Å². The van der Waals surface area contributed by atoms with Crippen molar-refractivity contribution in [3.8, 4) is 67.5 Å². The Balaban J connectivity index is 0.00000397. The van der Waals surface area contributed by atoms with E-state index in [9.17, 15) is 0 Å². The number of nitrogens with zero attached hydrogens (tertiary/aromatic N) is 4. The zero-order valence-corrected chi connectivity index (χ0v) is 31.9. The molecule has 10 rings (SSSR count). The molecule has 0 N–H and O–H groups in total. The van der Waals surface area contributed by atoms with Gasteiger partial charge in [0.05, 0.1) is 33.7 Å². The molecule has 0 bridgehead atoms. The quantitative estimate of drug-likeness (QED) is 0.150. The van der Waals surface area contributed by atoms with E-state index in [0.717, 1.165) is 89.6 Å². The smallest absolute Gasteiger partial charge is 0.324 e. The van der Waals surface area contributed by atoms with Crippen LogP contribution in [0, 0.1) is 12.1 Å². The standard InChI is InChI=1S/C50H32N4.Pt/c1-3-17-35(18-4-1)41-25-7-11-29-45(41)53-47-31-13-9-27-43(47)51-49(53)39-23-15-21-37(33-39)38-22-16-24-40(34-38)50-52-44-28-10-14-32-48(44)54(50)46-30-12-8-26-42(46)36-19-5-2-6-20-36;/h1-32H;/q-2;+2. The van der Waals surface area contributed by atoms with Crippen molar-refractivity contribution in [3.63, 3.8) is 0 Å². The van der Waals surface area contributed by atoms with Gasteiger partial charge in [0, 0.05) is 22.5 Å². The summed E-state index contributed by atoms with van der Waals surface area (Å²) in [5, 5.41) is 0. The van der Waals surface area contributed by atoms with Gasteiger partial charge in [-0.15, -0.1) is 24.3 Å². The van der Waals surface area contributed by atoms with Crippen molar-refractivity contribution < 1.29 is 21.1 Å². The van der Waals surface area contributed by atoms with Gasteiger partial charge in [-0.3, -0.25) is 9.97 Å². The monoisotopic (exact) mass is 883 g/mol. The minimum absolute atomic E-state index is 0.